The average Bonchev–Trinajstić information content (AvgIpc) is 2.94. The summed E-state index contributed by atoms with van der Waals surface area (Å²) >= 11 is 1.00. The van der Waals surface area contributed by atoms with Crippen molar-refractivity contribution in [2.45, 2.75) is 32.5 Å². The molecule has 2 aromatic heterocycles. The molecule has 2 heterocycles. The molecule has 2 aromatic rings. The van der Waals surface area contributed by atoms with Crippen LogP contribution in [0.2, 0.25) is 0 Å². The molecule has 0 amide bonds. The molecule has 0 aliphatic rings. The first-order chi connectivity index (χ1) is 8.84. The Hall–Kier alpha value is -1.55. The number of aromatic nitrogens is 5. The van der Waals surface area contributed by atoms with E-state index < -0.39 is 24.2 Å². The molecule has 0 radical (unpaired) electrons. The molecule has 2 rings (SSSR count). The summed E-state index contributed by atoms with van der Waals surface area (Å²) in [5.41, 5.74) is -1.66. The fraction of sp³-hybridized carbons (Fsp3) is 0.556. The third-order valence-electron chi connectivity index (χ3n) is 2.26. The van der Waals surface area contributed by atoms with Gasteiger partial charge in [-0.1, -0.05) is 30.4 Å². The van der Waals surface area contributed by atoms with Crippen LogP contribution in [-0.2, 0) is 12.8 Å². The van der Waals surface area contributed by atoms with E-state index in [1.807, 2.05) is 13.8 Å². The van der Waals surface area contributed by atoms with Crippen molar-refractivity contribution in [3.05, 3.63) is 16.4 Å². The minimum absolute atomic E-state index is 0.0248. The Morgan fingerprint density at radius 2 is 1.95 bits per heavy atom. The summed E-state index contributed by atoms with van der Waals surface area (Å²) in [6.45, 7) is 2.87. The minimum Gasteiger partial charge on any atom is -0.390 e. The fourth-order valence-electron chi connectivity index (χ4n) is 1.38. The zero-order valence-corrected chi connectivity index (χ0v) is 10.8. The molecule has 19 heavy (non-hydrogen) atoms. The van der Waals surface area contributed by atoms with Crippen molar-refractivity contribution in [1.29, 1.82) is 0 Å². The number of alkyl halides is 3. The van der Waals surface area contributed by atoms with E-state index in [4.69, 9.17) is 5.11 Å². The molecule has 0 aliphatic heterocycles. The molecule has 0 fully saturated rings. The van der Waals surface area contributed by atoms with E-state index in [0.29, 0.717) is 9.69 Å². The maximum atomic E-state index is 12.9. The number of aliphatic hydroxyl groups excluding tert-OH is 1. The van der Waals surface area contributed by atoms with E-state index in [0.717, 1.165) is 11.3 Å². The van der Waals surface area contributed by atoms with E-state index in [1.54, 1.807) is 0 Å². The van der Waals surface area contributed by atoms with Crippen molar-refractivity contribution >= 4 is 11.3 Å². The molecule has 1 N–H and O–H groups in total. The van der Waals surface area contributed by atoms with E-state index in [2.05, 4.69) is 20.5 Å². The van der Waals surface area contributed by atoms with Gasteiger partial charge in [0.05, 0.1) is 6.61 Å². The SMILES string of the molecule is CC(C)c1nnc(-n2nnc(CO)c2C(F)(F)F)s1. The van der Waals surface area contributed by atoms with Crippen molar-refractivity contribution in [2.75, 3.05) is 0 Å². The van der Waals surface area contributed by atoms with Crippen molar-refractivity contribution in [1.82, 2.24) is 25.2 Å². The zero-order valence-electron chi connectivity index (χ0n) is 10.0. The highest BCUT2D eigenvalue weighted by molar-refractivity contribution is 7.13. The van der Waals surface area contributed by atoms with Crippen LogP contribution in [0.25, 0.3) is 5.13 Å². The molecule has 0 aliphatic carbocycles. The molecule has 0 bridgehead atoms. The van der Waals surface area contributed by atoms with Crippen LogP contribution in [0.4, 0.5) is 13.2 Å². The van der Waals surface area contributed by atoms with Gasteiger partial charge in [-0.3, -0.25) is 0 Å². The number of nitrogens with zero attached hydrogens (tertiary/aromatic N) is 5. The molecule has 10 heteroatoms. The summed E-state index contributed by atoms with van der Waals surface area (Å²) in [6.07, 6.45) is -4.68. The Kier molecular flexibility index (Phi) is 3.54. The molecule has 0 aromatic carbocycles. The van der Waals surface area contributed by atoms with E-state index >= 15 is 0 Å². The molecule has 0 spiro atoms. The molecule has 104 valence electrons. The number of rotatable bonds is 3. The molecule has 6 nitrogen and oxygen atoms in total. The largest absolute Gasteiger partial charge is 0.435 e. The Labute approximate surface area is 109 Å². The molecular formula is C9H10F3N5OS. The topological polar surface area (TPSA) is 76.7 Å². The van der Waals surface area contributed by atoms with Crippen molar-refractivity contribution in [3.8, 4) is 5.13 Å². The summed E-state index contributed by atoms with van der Waals surface area (Å²) < 4.78 is 39.3. The van der Waals surface area contributed by atoms with Crippen molar-refractivity contribution in [2.24, 2.45) is 0 Å². The standard InChI is InChI=1S/C9H10F3N5OS/c1-4(2)7-14-15-8(19-7)17-6(9(10,11)12)5(3-18)13-16-17/h4,18H,3H2,1-2H3. The highest BCUT2D eigenvalue weighted by Crippen LogP contribution is 2.33. The predicted octanol–water partition coefficient (Wildman–Crippen LogP) is 1.75. The van der Waals surface area contributed by atoms with E-state index in [1.165, 1.54) is 0 Å². The van der Waals surface area contributed by atoms with Gasteiger partial charge in [0, 0.05) is 5.92 Å². The maximum absolute atomic E-state index is 12.9. The van der Waals surface area contributed by atoms with Crippen molar-refractivity contribution < 1.29 is 18.3 Å². The van der Waals surface area contributed by atoms with Gasteiger partial charge < -0.3 is 5.11 Å². The van der Waals surface area contributed by atoms with Gasteiger partial charge >= 0.3 is 6.18 Å². The van der Waals surface area contributed by atoms with E-state index in [9.17, 15) is 13.2 Å². The average molecular weight is 293 g/mol. The molecule has 0 unspecified atom stereocenters. The number of hydrogen-bond acceptors (Lipinski definition) is 6. The smallest absolute Gasteiger partial charge is 0.390 e. The Morgan fingerprint density at radius 1 is 1.26 bits per heavy atom. The summed E-state index contributed by atoms with van der Waals surface area (Å²) in [6, 6.07) is 0. The number of hydrogen-bond donors (Lipinski definition) is 1. The Bertz CT molecular complexity index is 577. The summed E-state index contributed by atoms with van der Waals surface area (Å²) in [5.74, 6) is 0.0569. The van der Waals surface area contributed by atoms with Crippen LogP contribution in [-0.4, -0.2) is 30.3 Å². The van der Waals surface area contributed by atoms with Gasteiger partial charge in [0.15, 0.2) is 5.69 Å². The zero-order chi connectivity index (χ0) is 14.2. The van der Waals surface area contributed by atoms with Crippen LogP contribution in [0.3, 0.4) is 0 Å². The third kappa shape index (κ3) is 2.59. The van der Waals surface area contributed by atoms with Crippen LogP contribution in [0.1, 0.15) is 36.2 Å². The van der Waals surface area contributed by atoms with E-state index in [-0.39, 0.29) is 11.0 Å². The van der Waals surface area contributed by atoms with Crippen LogP contribution in [0.15, 0.2) is 0 Å². The highest BCUT2D eigenvalue weighted by atomic mass is 32.1. The maximum Gasteiger partial charge on any atom is 0.435 e. The van der Waals surface area contributed by atoms with Crippen LogP contribution in [0.5, 0.6) is 0 Å². The van der Waals surface area contributed by atoms with Gasteiger partial charge in [-0.25, -0.2) is 0 Å². The second-order valence-electron chi connectivity index (χ2n) is 4.03. The summed E-state index contributed by atoms with van der Waals surface area (Å²) in [7, 11) is 0. The summed E-state index contributed by atoms with van der Waals surface area (Å²) in [4.78, 5) is 0. The van der Waals surface area contributed by atoms with Gasteiger partial charge in [-0.2, -0.15) is 17.9 Å². The van der Waals surface area contributed by atoms with Gasteiger partial charge in [0.1, 0.15) is 10.7 Å². The Balaban J connectivity index is 2.53. The monoisotopic (exact) mass is 293 g/mol. The second-order valence-corrected chi connectivity index (χ2v) is 5.02. The quantitative estimate of drug-likeness (QED) is 0.933. The summed E-state index contributed by atoms with van der Waals surface area (Å²) in [5, 5.41) is 23.6. The fourth-order valence-corrected chi connectivity index (χ4v) is 2.18. The first-order valence-corrected chi connectivity index (χ1v) is 6.12. The van der Waals surface area contributed by atoms with Crippen molar-refractivity contribution in [3.63, 3.8) is 0 Å². The number of aliphatic hydroxyl groups is 1. The lowest BCUT2D eigenvalue weighted by Gasteiger charge is -2.07. The molecule has 0 atom stereocenters. The first kappa shape index (κ1) is 13.9. The lowest BCUT2D eigenvalue weighted by atomic mass is 10.2. The van der Waals surface area contributed by atoms with Crippen LogP contribution >= 0.6 is 11.3 Å². The lowest BCUT2D eigenvalue weighted by molar-refractivity contribution is -0.143. The van der Waals surface area contributed by atoms with Crippen LogP contribution in [0, 0.1) is 0 Å². The van der Waals surface area contributed by atoms with Gasteiger partial charge in [-0.15, -0.1) is 15.3 Å². The molecule has 0 saturated heterocycles. The third-order valence-corrected chi connectivity index (χ3v) is 3.46. The molecular weight excluding hydrogens is 283 g/mol. The van der Waals surface area contributed by atoms with Gasteiger partial charge in [0.2, 0.25) is 5.13 Å². The molecule has 0 saturated carbocycles. The Morgan fingerprint density at radius 3 is 2.42 bits per heavy atom. The second kappa shape index (κ2) is 4.85. The normalized spacial score (nSPS) is 12.4. The van der Waals surface area contributed by atoms with Gasteiger partial charge in [-0.05, 0) is 0 Å². The predicted molar refractivity (Wildman–Crippen MR) is 59.8 cm³/mol. The lowest BCUT2D eigenvalue weighted by Crippen LogP contribution is -2.15. The van der Waals surface area contributed by atoms with Crippen LogP contribution < -0.4 is 0 Å². The highest BCUT2D eigenvalue weighted by Gasteiger charge is 2.40. The first-order valence-electron chi connectivity index (χ1n) is 5.31. The van der Waals surface area contributed by atoms with Gasteiger partial charge in [0.25, 0.3) is 0 Å². The number of halogens is 3. The minimum atomic E-state index is -4.68.